The Morgan fingerprint density at radius 1 is 1.06 bits per heavy atom. The maximum Gasteiger partial charge on any atom is 0.319 e. The molecular formula is C27H32N4O3. The first-order chi connectivity index (χ1) is 16.5. The summed E-state index contributed by atoms with van der Waals surface area (Å²) in [5.74, 6) is 1.56. The standard InChI is InChI=1S/C27H32N4O3/c1-19-9-11-24(25(13-19)33-18-22-7-5-4-6-8-22)30-27(32)29-15-23-10-12-26(28-14-23)31-16-20(2)34-21(3)17-31/h4-14,20-21H,15-18H2,1-3H3,(H2,29,30,32). The molecular weight excluding hydrogens is 428 g/mol. The van der Waals surface area contributed by atoms with Crippen LogP contribution < -0.4 is 20.3 Å². The Kier molecular flexibility index (Phi) is 7.65. The predicted octanol–water partition coefficient (Wildman–Crippen LogP) is 4.90. The van der Waals surface area contributed by atoms with Gasteiger partial charge in [-0.05, 0) is 55.7 Å². The van der Waals surface area contributed by atoms with Crippen molar-refractivity contribution in [1.29, 1.82) is 0 Å². The molecule has 7 heteroatoms. The number of amides is 2. The van der Waals surface area contributed by atoms with Crippen molar-refractivity contribution in [2.45, 2.75) is 46.1 Å². The zero-order valence-electron chi connectivity index (χ0n) is 20.0. The average Bonchev–Trinajstić information content (AvgIpc) is 2.83. The summed E-state index contributed by atoms with van der Waals surface area (Å²) >= 11 is 0. The number of carbonyl (C=O) groups excluding carboxylic acids is 1. The Labute approximate surface area is 201 Å². The lowest BCUT2D eigenvalue weighted by Gasteiger charge is -2.36. The van der Waals surface area contributed by atoms with Gasteiger partial charge in [-0.2, -0.15) is 0 Å². The van der Waals surface area contributed by atoms with Gasteiger partial charge in [-0.3, -0.25) is 0 Å². The minimum absolute atomic E-state index is 0.180. The highest BCUT2D eigenvalue weighted by molar-refractivity contribution is 5.90. The normalized spacial score (nSPS) is 17.8. The van der Waals surface area contributed by atoms with Crippen LogP contribution in [0.1, 0.15) is 30.5 Å². The molecule has 2 aromatic carbocycles. The van der Waals surface area contributed by atoms with Crippen molar-refractivity contribution in [3.05, 3.63) is 83.6 Å². The Morgan fingerprint density at radius 3 is 2.53 bits per heavy atom. The highest BCUT2D eigenvalue weighted by atomic mass is 16.5. The maximum atomic E-state index is 12.6. The third kappa shape index (κ3) is 6.48. The summed E-state index contributed by atoms with van der Waals surface area (Å²) in [5, 5.41) is 5.80. The summed E-state index contributed by atoms with van der Waals surface area (Å²) in [4.78, 5) is 19.4. The monoisotopic (exact) mass is 460 g/mol. The maximum absolute atomic E-state index is 12.6. The van der Waals surface area contributed by atoms with Crippen molar-refractivity contribution < 1.29 is 14.3 Å². The fraction of sp³-hybridized carbons (Fsp3) is 0.333. The third-order valence-corrected chi connectivity index (χ3v) is 5.63. The number of carbonyl (C=O) groups is 1. The van der Waals surface area contributed by atoms with Crippen molar-refractivity contribution in [2.75, 3.05) is 23.3 Å². The van der Waals surface area contributed by atoms with Gasteiger partial charge in [0.05, 0.1) is 17.9 Å². The van der Waals surface area contributed by atoms with E-state index in [1.807, 2.05) is 67.6 Å². The molecule has 4 rings (SSSR count). The molecule has 7 nitrogen and oxygen atoms in total. The van der Waals surface area contributed by atoms with E-state index in [1.165, 1.54) is 0 Å². The van der Waals surface area contributed by atoms with Gasteiger partial charge in [-0.25, -0.2) is 9.78 Å². The molecule has 1 fully saturated rings. The number of ether oxygens (including phenoxy) is 2. The smallest absolute Gasteiger partial charge is 0.319 e. The molecule has 1 aromatic heterocycles. The van der Waals surface area contributed by atoms with Crippen LogP contribution >= 0.6 is 0 Å². The largest absolute Gasteiger partial charge is 0.487 e. The SMILES string of the molecule is Cc1ccc(NC(=O)NCc2ccc(N3CC(C)OC(C)C3)nc2)c(OCc2ccccc2)c1. The molecule has 178 valence electrons. The van der Waals surface area contributed by atoms with Crippen LogP contribution in [0.5, 0.6) is 5.75 Å². The van der Waals surface area contributed by atoms with Crippen LogP contribution in [0.3, 0.4) is 0 Å². The second-order valence-electron chi connectivity index (χ2n) is 8.77. The zero-order chi connectivity index (χ0) is 23.9. The lowest BCUT2D eigenvalue weighted by Crippen LogP contribution is -2.45. The Balaban J connectivity index is 1.31. The van der Waals surface area contributed by atoms with E-state index in [0.29, 0.717) is 24.6 Å². The van der Waals surface area contributed by atoms with Crippen LogP contribution in [-0.2, 0) is 17.9 Å². The lowest BCUT2D eigenvalue weighted by atomic mass is 10.2. The van der Waals surface area contributed by atoms with E-state index in [4.69, 9.17) is 9.47 Å². The van der Waals surface area contributed by atoms with Crippen LogP contribution in [0.4, 0.5) is 16.3 Å². The molecule has 1 saturated heterocycles. The van der Waals surface area contributed by atoms with Gasteiger partial charge in [0.25, 0.3) is 0 Å². The number of morpholine rings is 1. The third-order valence-electron chi connectivity index (χ3n) is 5.63. The van der Waals surface area contributed by atoms with Gasteiger partial charge in [0.2, 0.25) is 0 Å². The number of benzene rings is 2. The molecule has 0 bridgehead atoms. The molecule has 2 N–H and O–H groups in total. The summed E-state index contributed by atoms with van der Waals surface area (Å²) in [6, 6.07) is 19.4. The number of urea groups is 1. The van der Waals surface area contributed by atoms with Crippen LogP contribution in [-0.4, -0.2) is 36.3 Å². The number of hydrogen-bond acceptors (Lipinski definition) is 5. The summed E-state index contributed by atoms with van der Waals surface area (Å²) in [6.07, 6.45) is 2.17. The van der Waals surface area contributed by atoms with Gasteiger partial charge >= 0.3 is 6.03 Å². The molecule has 3 aromatic rings. The van der Waals surface area contributed by atoms with Crippen LogP contribution in [0.15, 0.2) is 66.9 Å². The molecule has 2 atom stereocenters. The van der Waals surface area contributed by atoms with E-state index in [1.54, 1.807) is 6.20 Å². The van der Waals surface area contributed by atoms with Crippen LogP contribution in [0, 0.1) is 6.92 Å². The van der Waals surface area contributed by atoms with Crippen molar-refractivity contribution in [1.82, 2.24) is 10.3 Å². The number of anilines is 2. The van der Waals surface area contributed by atoms with Gasteiger partial charge in [-0.1, -0.05) is 42.5 Å². The molecule has 2 unspecified atom stereocenters. The number of aryl methyl sites for hydroxylation is 1. The molecule has 2 heterocycles. The lowest BCUT2D eigenvalue weighted by molar-refractivity contribution is -0.00546. The number of aromatic nitrogens is 1. The van der Waals surface area contributed by atoms with Crippen LogP contribution in [0.25, 0.3) is 0 Å². The van der Waals surface area contributed by atoms with E-state index in [9.17, 15) is 4.79 Å². The Bertz CT molecular complexity index is 1080. The first-order valence-corrected chi connectivity index (χ1v) is 11.6. The number of nitrogens with zero attached hydrogens (tertiary/aromatic N) is 2. The van der Waals surface area contributed by atoms with Crippen molar-refractivity contribution >= 4 is 17.5 Å². The molecule has 0 spiro atoms. The highest BCUT2D eigenvalue weighted by Gasteiger charge is 2.23. The van der Waals surface area contributed by atoms with Gasteiger partial charge in [0, 0.05) is 25.8 Å². The van der Waals surface area contributed by atoms with Crippen LogP contribution in [0.2, 0.25) is 0 Å². The fourth-order valence-electron chi connectivity index (χ4n) is 4.01. The van der Waals surface area contributed by atoms with Crippen molar-refractivity contribution in [3.63, 3.8) is 0 Å². The minimum atomic E-state index is -0.298. The molecule has 1 aliphatic heterocycles. The molecule has 1 aliphatic rings. The van der Waals surface area contributed by atoms with Gasteiger partial charge in [-0.15, -0.1) is 0 Å². The second-order valence-corrected chi connectivity index (χ2v) is 8.77. The van der Waals surface area contributed by atoms with Crippen molar-refractivity contribution in [2.24, 2.45) is 0 Å². The summed E-state index contributed by atoms with van der Waals surface area (Å²) < 4.78 is 11.8. The highest BCUT2D eigenvalue weighted by Crippen LogP contribution is 2.27. The van der Waals surface area contributed by atoms with Gasteiger partial charge in [0.15, 0.2) is 0 Å². The van der Waals surface area contributed by atoms with Gasteiger partial charge in [0.1, 0.15) is 18.2 Å². The Morgan fingerprint density at radius 2 is 1.82 bits per heavy atom. The molecule has 0 aliphatic carbocycles. The molecule has 2 amide bonds. The number of hydrogen-bond donors (Lipinski definition) is 2. The zero-order valence-corrected chi connectivity index (χ0v) is 20.0. The van der Waals surface area contributed by atoms with E-state index < -0.39 is 0 Å². The molecule has 0 radical (unpaired) electrons. The number of nitrogens with one attached hydrogen (secondary N) is 2. The van der Waals surface area contributed by atoms with E-state index in [2.05, 4.69) is 34.4 Å². The summed E-state index contributed by atoms with van der Waals surface area (Å²) in [7, 11) is 0. The quantitative estimate of drug-likeness (QED) is 0.524. The summed E-state index contributed by atoms with van der Waals surface area (Å²) in [6.45, 7) is 8.59. The predicted molar refractivity (Wildman–Crippen MR) is 134 cm³/mol. The topological polar surface area (TPSA) is 75.7 Å². The van der Waals surface area contributed by atoms with E-state index in [-0.39, 0.29) is 18.2 Å². The first kappa shape index (κ1) is 23.6. The summed E-state index contributed by atoms with van der Waals surface area (Å²) in [5.41, 5.74) is 3.68. The average molecular weight is 461 g/mol. The number of rotatable bonds is 7. The first-order valence-electron chi connectivity index (χ1n) is 11.6. The number of pyridine rings is 1. The molecule has 34 heavy (non-hydrogen) atoms. The van der Waals surface area contributed by atoms with Crippen molar-refractivity contribution in [3.8, 4) is 5.75 Å². The van der Waals surface area contributed by atoms with Gasteiger partial charge < -0.3 is 25.0 Å². The molecule has 0 saturated carbocycles. The fourth-order valence-corrected chi connectivity index (χ4v) is 4.01. The van der Waals surface area contributed by atoms with E-state index in [0.717, 1.165) is 35.6 Å². The Hall–Kier alpha value is -3.58. The minimum Gasteiger partial charge on any atom is -0.487 e. The second kappa shape index (κ2) is 11.0. The van der Waals surface area contributed by atoms with E-state index >= 15 is 0 Å².